The van der Waals surface area contributed by atoms with Gasteiger partial charge in [0.1, 0.15) is 27.6 Å². The molecule has 0 aromatic heterocycles. The fraction of sp³-hybridized carbons (Fsp3) is 1.00. The van der Waals surface area contributed by atoms with Crippen molar-refractivity contribution in [3.8, 4) is 0 Å². The Morgan fingerprint density at radius 3 is 1.38 bits per heavy atom. The molecule has 1 nitrogen and oxygen atoms in total. The van der Waals surface area contributed by atoms with Crippen molar-refractivity contribution in [2.24, 2.45) is 0 Å². The van der Waals surface area contributed by atoms with Gasteiger partial charge in [0.2, 0.25) is 0 Å². The van der Waals surface area contributed by atoms with Crippen molar-refractivity contribution in [1.29, 1.82) is 0 Å². The maximum absolute atomic E-state index is 9.00. The highest BCUT2D eigenvalue weighted by atomic mass is 35.9. The van der Waals surface area contributed by atoms with Crippen LogP contribution in [0.2, 0.25) is 0 Å². The summed E-state index contributed by atoms with van der Waals surface area (Å²) in [7, 11) is 0. The van der Waals surface area contributed by atoms with E-state index in [1.807, 2.05) is 0 Å². The molecule has 0 aromatic rings. The molecular weight excluding hydrogens is 166 g/mol. The molecular formula is C4H10Cl2OP+. The van der Waals surface area contributed by atoms with Gasteiger partial charge in [-0.1, -0.05) is 0 Å². The van der Waals surface area contributed by atoms with Crippen LogP contribution in [0.5, 0.6) is 0 Å². The van der Waals surface area contributed by atoms with Crippen LogP contribution < -0.4 is 0 Å². The molecule has 0 rings (SSSR count). The molecule has 0 saturated carbocycles. The molecule has 50 valence electrons. The molecule has 0 unspecified atom stereocenters. The van der Waals surface area contributed by atoms with Gasteiger partial charge in [0.15, 0.2) is 0 Å². The van der Waals surface area contributed by atoms with Crippen molar-refractivity contribution in [1.82, 2.24) is 0 Å². The summed E-state index contributed by atoms with van der Waals surface area (Å²) in [4.78, 5) is 9.00. The molecule has 0 spiro atoms. The van der Waals surface area contributed by atoms with Gasteiger partial charge in [0.05, 0.1) is 0 Å². The lowest BCUT2D eigenvalue weighted by atomic mass is 10.3. The van der Waals surface area contributed by atoms with E-state index in [9.17, 15) is 0 Å². The lowest BCUT2D eigenvalue weighted by Crippen LogP contribution is -2.11. The van der Waals surface area contributed by atoms with Crippen LogP contribution in [-0.2, 0) is 0 Å². The average molecular weight is 176 g/mol. The zero-order valence-corrected chi connectivity index (χ0v) is 7.56. The van der Waals surface area contributed by atoms with Crippen LogP contribution in [0.4, 0.5) is 0 Å². The van der Waals surface area contributed by atoms with Gasteiger partial charge in [-0.15, -0.1) is 0 Å². The highest BCUT2D eigenvalue weighted by Gasteiger charge is 2.47. The zero-order valence-electron chi connectivity index (χ0n) is 5.15. The highest BCUT2D eigenvalue weighted by Crippen LogP contribution is 2.74. The number of hydrogen-bond acceptors (Lipinski definition) is 1. The summed E-state index contributed by atoms with van der Waals surface area (Å²) in [6.45, 7) is 5.42. The Bertz CT molecular complexity index is 69.0. The van der Waals surface area contributed by atoms with Crippen molar-refractivity contribution in [2.45, 2.75) is 25.9 Å². The second-order valence-electron chi connectivity index (χ2n) is 2.65. The van der Waals surface area contributed by atoms with Gasteiger partial charge in [0.25, 0.3) is 0 Å². The van der Waals surface area contributed by atoms with Gasteiger partial charge in [0, 0.05) is 0 Å². The topological polar surface area (TPSA) is 20.2 Å². The number of rotatable bonds is 0. The molecule has 0 saturated heterocycles. The van der Waals surface area contributed by atoms with Crippen molar-refractivity contribution in [2.75, 3.05) is 0 Å². The maximum atomic E-state index is 9.00. The fourth-order valence-corrected chi connectivity index (χ4v) is 0. The molecule has 0 amide bonds. The van der Waals surface area contributed by atoms with Crippen LogP contribution in [0.3, 0.4) is 0 Å². The first kappa shape index (κ1) is 8.97. The van der Waals surface area contributed by atoms with E-state index in [4.69, 9.17) is 27.4 Å². The minimum atomic E-state index is -2.66. The smallest absolute Gasteiger partial charge is 0.214 e. The van der Waals surface area contributed by atoms with Crippen LogP contribution in [0, 0.1) is 0 Å². The second kappa shape index (κ2) is 2.30. The average Bonchev–Trinajstić information content (AvgIpc) is 1.25. The third kappa shape index (κ3) is 2.50. The molecule has 0 aliphatic carbocycles. The summed E-state index contributed by atoms with van der Waals surface area (Å²) >= 11 is 10.9. The van der Waals surface area contributed by atoms with Crippen molar-refractivity contribution in [3.63, 3.8) is 0 Å². The molecule has 0 heterocycles. The molecule has 0 fully saturated rings. The molecule has 0 bridgehead atoms. The van der Waals surface area contributed by atoms with Gasteiger partial charge in [-0.2, -0.15) is 0 Å². The van der Waals surface area contributed by atoms with E-state index in [0.717, 1.165) is 0 Å². The Morgan fingerprint density at radius 1 is 1.25 bits per heavy atom. The lowest BCUT2D eigenvalue weighted by Gasteiger charge is -2.16. The summed E-state index contributed by atoms with van der Waals surface area (Å²) in [5.74, 6) is 0. The molecule has 0 aromatic carbocycles. The lowest BCUT2D eigenvalue weighted by molar-refractivity contribution is 0.587. The van der Waals surface area contributed by atoms with E-state index >= 15 is 0 Å². The zero-order chi connectivity index (χ0) is 7.00. The number of halogens is 2. The predicted octanol–water partition coefficient (Wildman–Crippen LogP) is 3.02. The Labute approximate surface area is 60.0 Å². The van der Waals surface area contributed by atoms with Crippen molar-refractivity contribution < 1.29 is 4.89 Å². The largest absolute Gasteiger partial charge is 0.340 e. The third-order valence-electron chi connectivity index (χ3n) is 0.807. The van der Waals surface area contributed by atoms with Crippen molar-refractivity contribution in [3.05, 3.63) is 0 Å². The van der Waals surface area contributed by atoms with E-state index in [2.05, 4.69) is 0 Å². The third-order valence-corrected chi connectivity index (χ3v) is 5.46. The normalized spacial score (nSPS) is 14.2. The van der Waals surface area contributed by atoms with E-state index in [0.29, 0.717) is 0 Å². The first-order valence-electron chi connectivity index (χ1n) is 2.26. The van der Waals surface area contributed by atoms with Gasteiger partial charge in [-0.25, -0.2) is 4.89 Å². The minimum Gasteiger partial charge on any atom is -0.214 e. The van der Waals surface area contributed by atoms with Crippen LogP contribution >= 0.6 is 28.7 Å². The summed E-state index contributed by atoms with van der Waals surface area (Å²) in [5, 5.41) is -0.365. The van der Waals surface area contributed by atoms with Crippen molar-refractivity contribution >= 4 is 28.7 Å². The summed E-state index contributed by atoms with van der Waals surface area (Å²) in [5.41, 5.74) is 0. The monoisotopic (exact) mass is 175 g/mol. The van der Waals surface area contributed by atoms with Gasteiger partial charge in [-0.05, 0) is 20.8 Å². The summed E-state index contributed by atoms with van der Waals surface area (Å²) in [6.07, 6.45) is -2.66. The van der Waals surface area contributed by atoms with Crippen LogP contribution in [-0.4, -0.2) is 10.0 Å². The Balaban J connectivity index is 4.02. The van der Waals surface area contributed by atoms with E-state index < -0.39 is 6.19 Å². The highest BCUT2D eigenvalue weighted by molar-refractivity contribution is 8.14. The van der Waals surface area contributed by atoms with Gasteiger partial charge < -0.3 is 0 Å². The Hall–Kier alpha value is 0.970. The summed E-state index contributed by atoms with van der Waals surface area (Å²) < 4.78 is 0. The minimum absolute atomic E-state index is 0.365. The van der Waals surface area contributed by atoms with E-state index in [-0.39, 0.29) is 5.16 Å². The fourth-order valence-electron chi connectivity index (χ4n) is 0. The number of hydrogen-bond donors (Lipinski definition) is 1. The summed E-state index contributed by atoms with van der Waals surface area (Å²) in [6, 6.07) is 0. The second-order valence-corrected chi connectivity index (χ2v) is 8.42. The van der Waals surface area contributed by atoms with E-state index in [1.165, 1.54) is 0 Å². The quantitative estimate of drug-likeness (QED) is 0.562. The molecule has 4 heteroatoms. The van der Waals surface area contributed by atoms with Gasteiger partial charge in [-0.3, -0.25) is 0 Å². The molecule has 8 heavy (non-hydrogen) atoms. The van der Waals surface area contributed by atoms with Crippen LogP contribution in [0.25, 0.3) is 0 Å². The van der Waals surface area contributed by atoms with E-state index in [1.54, 1.807) is 20.8 Å². The first-order valence-corrected chi connectivity index (χ1v) is 5.81. The predicted molar refractivity (Wildman–Crippen MR) is 40.6 cm³/mol. The van der Waals surface area contributed by atoms with Crippen LogP contribution in [0.1, 0.15) is 20.8 Å². The molecule has 0 aliphatic heterocycles. The molecule has 0 aliphatic rings. The standard InChI is InChI=1S/C4H10Cl2OP/c1-4(2,3)8(5,6)7/h7H,1-3H3/q+1. The Kier molecular flexibility index (Phi) is 2.58. The molecule has 1 N–H and O–H groups in total. The molecule has 0 radical (unpaired) electrons. The van der Waals surface area contributed by atoms with Gasteiger partial charge >= 0.3 is 6.19 Å². The first-order chi connectivity index (χ1) is 3.25. The Morgan fingerprint density at radius 2 is 1.38 bits per heavy atom. The molecule has 0 atom stereocenters. The van der Waals surface area contributed by atoms with Crippen LogP contribution in [0.15, 0.2) is 0 Å². The SMILES string of the molecule is CC(C)(C)[P+](O)(Cl)Cl. The maximum Gasteiger partial charge on any atom is 0.340 e.